The van der Waals surface area contributed by atoms with Gasteiger partial charge in [-0.25, -0.2) is 8.42 Å². The van der Waals surface area contributed by atoms with Crippen molar-refractivity contribution in [3.05, 3.63) is 95.1 Å². The Hall–Kier alpha value is -3.32. The van der Waals surface area contributed by atoms with E-state index in [9.17, 15) is 13.2 Å². The Morgan fingerprint density at radius 3 is 2.08 bits per heavy atom. The molecule has 7 heteroatoms. The minimum absolute atomic E-state index is 0.187. The van der Waals surface area contributed by atoms with Crippen LogP contribution in [0.5, 0.6) is 5.75 Å². The van der Waals surface area contributed by atoms with E-state index in [1.807, 2.05) is 36.4 Å². The summed E-state index contributed by atoms with van der Waals surface area (Å²) >= 11 is 0. The summed E-state index contributed by atoms with van der Waals surface area (Å²) in [6.07, 6.45) is 3.36. The first-order valence-electron chi connectivity index (χ1n) is 12.3. The van der Waals surface area contributed by atoms with Gasteiger partial charge in [-0.1, -0.05) is 63.6 Å². The molecule has 0 aliphatic heterocycles. The van der Waals surface area contributed by atoms with Gasteiger partial charge < -0.3 is 10.1 Å². The highest BCUT2D eigenvalue weighted by Gasteiger charge is 2.18. The highest BCUT2D eigenvalue weighted by atomic mass is 32.2. The Morgan fingerprint density at radius 2 is 1.53 bits per heavy atom. The number of amides is 1. The first-order chi connectivity index (χ1) is 17.2. The molecule has 0 aliphatic rings. The number of carbonyl (C=O) groups is 1. The molecule has 3 aromatic carbocycles. The summed E-state index contributed by atoms with van der Waals surface area (Å²) in [5.74, 6) is 0.948. The number of rotatable bonds is 12. The quantitative estimate of drug-likeness (QED) is 0.326. The van der Waals surface area contributed by atoms with Crippen molar-refractivity contribution in [3.8, 4) is 5.75 Å². The normalized spacial score (nSPS) is 11.4. The van der Waals surface area contributed by atoms with Gasteiger partial charge >= 0.3 is 0 Å². The number of hydrogen-bond acceptors (Lipinski definition) is 4. The van der Waals surface area contributed by atoms with Crippen LogP contribution in [-0.2, 0) is 23.0 Å². The molecule has 0 spiro atoms. The molecule has 0 atom stereocenters. The Balaban J connectivity index is 1.54. The largest absolute Gasteiger partial charge is 0.492 e. The van der Waals surface area contributed by atoms with E-state index >= 15 is 0 Å². The van der Waals surface area contributed by atoms with Crippen molar-refractivity contribution in [1.82, 2.24) is 5.32 Å². The lowest BCUT2D eigenvalue weighted by atomic mass is 10.0. The van der Waals surface area contributed by atoms with Crippen LogP contribution in [0.1, 0.15) is 60.2 Å². The maximum Gasteiger partial charge on any atom is 0.251 e. The molecule has 0 bridgehead atoms. The molecule has 6 nitrogen and oxygen atoms in total. The maximum atomic E-state index is 12.5. The van der Waals surface area contributed by atoms with E-state index in [1.165, 1.54) is 16.1 Å². The van der Waals surface area contributed by atoms with Gasteiger partial charge in [0.2, 0.25) is 10.0 Å². The smallest absolute Gasteiger partial charge is 0.251 e. The number of benzene rings is 3. The fourth-order valence-electron chi connectivity index (χ4n) is 3.83. The number of ether oxygens (including phenoxy) is 1. The molecule has 0 heterocycles. The van der Waals surface area contributed by atoms with Crippen LogP contribution < -0.4 is 14.4 Å². The SMILES string of the molecule is CCCc1ccc(OCCNC(=O)c2ccc(CN(c3ccc(C(C)C)cc3)S(C)(=O)=O)cc2)cc1. The van der Waals surface area contributed by atoms with Crippen molar-refractivity contribution >= 4 is 21.6 Å². The van der Waals surface area contributed by atoms with E-state index in [2.05, 4.69) is 38.2 Å². The first kappa shape index (κ1) is 27.3. The van der Waals surface area contributed by atoms with E-state index in [0.29, 0.717) is 30.3 Å². The molecule has 3 rings (SSSR count). The van der Waals surface area contributed by atoms with Crippen LogP contribution in [-0.4, -0.2) is 33.7 Å². The highest BCUT2D eigenvalue weighted by molar-refractivity contribution is 7.92. The zero-order valence-electron chi connectivity index (χ0n) is 21.5. The van der Waals surface area contributed by atoms with E-state index < -0.39 is 10.0 Å². The third-order valence-electron chi connectivity index (χ3n) is 5.91. The van der Waals surface area contributed by atoms with Gasteiger partial charge in [0.05, 0.1) is 25.0 Å². The van der Waals surface area contributed by atoms with Crippen LogP contribution >= 0.6 is 0 Å². The van der Waals surface area contributed by atoms with Crippen LogP contribution in [0.15, 0.2) is 72.8 Å². The van der Waals surface area contributed by atoms with Crippen LogP contribution in [0.2, 0.25) is 0 Å². The summed E-state index contributed by atoms with van der Waals surface area (Å²) in [5, 5.41) is 2.86. The maximum absolute atomic E-state index is 12.5. The predicted octanol–water partition coefficient (Wildman–Crippen LogP) is 5.54. The number of nitrogens with zero attached hydrogens (tertiary/aromatic N) is 1. The highest BCUT2D eigenvalue weighted by Crippen LogP contribution is 2.24. The molecule has 36 heavy (non-hydrogen) atoms. The topological polar surface area (TPSA) is 75.7 Å². The molecular weight excluding hydrogens is 472 g/mol. The summed E-state index contributed by atoms with van der Waals surface area (Å²) in [4.78, 5) is 12.5. The molecule has 0 unspecified atom stereocenters. The molecule has 0 radical (unpaired) electrons. The summed E-state index contributed by atoms with van der Waals surface area (Å²) in [7, 11) is -3.48. The Bertz CT molecular complexity index is 1220. The van der Waals surface area contributed by atoms with Gasteiger partial charge in [0.25, 0.3) is 5.91 Å². The number of aryl methyl sites for hydroxylation is 1. The average Bonchev–Trinajstić information content (AvgIpc) is 2.86. The van der Waals surface area contributed by atoms with Crippen molar-refractivity contribution in [1.29, 1.82) is 0 Å². The van der Waals surface area contributed by atoms with Gasteiger partial charge in [-0.2, -0.15) is 0 Å². The number of carbonyl (C=O) groups excluding carboxylic acids is 1. The minimum atomic E-state index is -3.48. The van der Waals surface area contributed by atoms with Crippen molar-refractivity contribution in [2.45, 2.75) is 46.1 Å². The standard InChI is InChI=1S/C29H36N2O4S/c1-5-6-23-9-17-28(18-10-23)35-20-19-30-29(32)26-11-7-24(8-12-26)21-31(36(4,33)34)27-15-13-25(14-16-27)22(2)3/h7-18,22H,5-6,19-21H2,1-4H3,(H,30,32). The molecule has 3 aromatic rings. The Kier molecular flexibility index (Phi) is 9.53. The molecule has 0 saturated carbocycles. The zero-order valence-corrected chi connectivity index (χ0v) is 22.3. The Labute approximate surface area is 215 Å². The molecular formula is C29H36N2O4S. The van der Waals surface area contributed by atoms with Crippen LogP contribution in [0, 0.1) is 0 Å². The van der Waals surface area contributed by atoms with E-state index in [4.69, 9.17) is 4.74 Å². The van der Waals surface area contributed by atoms with Gasteiger partial charge in [-0.15, -0.1) is 0 Å². The lowest BCUT2D eigenvalue weighted by Crippen LogP contribution is -2.29. The summed E-state index contributed by atoms with van der Waals surface area (Å²) in [6, 6.07) is 22.6. The minimum Gasteiger partial charge on any atom is -0.492 e. The third kappa shape index (κ3) is 7.85. The lowest BCUT2D eigenvalue weighted by Gasteiger charge is -2.23. The second kappa shape index (κ2) is 12.6. The van der Waals surface area contributed by atoms with Gasteiger partial charge in [0, 0.05) is 5.56 Å². The first-order valence-corrected chi connectivity index (χ1v) is 14.2. The van der Waals surface area contributed by atoms with Crippen molar-refractivity contribution < 1.29 is 17.9 Å². The van der Waals surface area contributed by atoms with Crippen LogP contribution in [0.4, 0.5) is 5.69 Å². The molecule has 192 valence electrons. The zero-order chi connectivity index (χ0) is 26.1. The van der Waals surface area contributed by atoms with Crippen molar-refractivity contribution in [2.75, 3.05) is 23.7 Å². The summed E-state index contributed by atoms with van der Waals surface area (Å²) < 4.78 is 32.0. The summed E-state index contributed by atoms with van der Waals surface area (Å²) in [6.45, 7) is 7.28. The number of hydrogen-bond donors (Lipinski definition) is 1. The average molecular weight is 509 g/mol. The molecule has 1 N–H and O–H groups in total. The van der Waals surface area contributed by atoms with Crippen LogP contribution in [0.3, 0.4) is 0 Å². The number of sulfonamides is 1. The van der Waals surface area contributed by atoms with Crippen molar-refractivity contribution in [2.24, 2.45) is 0 Å². The molecule has 0 saturated heterocycles. The fourth-order valence-corrected chi connectivity index (χ4v) is 4.72. The van der Waals surface area contributed by atoms with Gasteiger partial charge in [0.1, 0.15) is 12.4 Å². The van der Waals surface area contributed by atoms with Gasteiger partial charge in [-0.05, 0) is 65.4 Å². The number of nitrogens with one attached hydrogen (secondary N) is 1. The monoisotopic (exact) mass is 508 g/mol. The molecule has 0 fully saturated rings. The fraction of sp³-hybridized carbons (Fsp3) is 0.345. The second-order valence-electron chi connectivity index (χ2n) is 9.21. The van der Waals surface area contributed by atoms with Crippen molar-refractivity contribution in [3.63, 3.8) is 0 Å². The van der Waals surface area contributed by atoms with Gasteiger partial charge in [0.15, 0.2) is 0 Å². The van der Waals surface area contributed by atoms with E-state index in [-0.39, 0.29) is 12.5 Å². The summed E-state index contributed by atoms with van der Waals surface area (Å²) in [5.41, 5.74) is 4.35. The van der Waals surface area contributed by atoms with Gasteiger partial charge in [-0.3, -0.25) is 9.10 Å². The number of anilines is 1. The lowest BCUT2D eigenvalue weighted by molar-refractivity contribution is 0.0947. The molecule has 1 amide bonds. The molecule has 0 aromatic heterocycles. The van der Waals surface area contributed by atoms with E-state index in [0.717, 1.165) is 29.7 Å². The van der Waals surface area contributed by atoms with Crippen LogP contribution in [0.25, 0.3) is 0 Å². The second-order valence-corrected chi connectivity index (χ2v) is 11.1. The molecule has 0 aliphatic carbocycles. The predicted molar refractivity (Wildman–Crippen MR) is 146 cm³/mol. The third-order valence-corrected chi connectivity index (χ3v) is 7.05. The van der Waals surface area contributed by atoms with E-state index in [1.54, 1.807) is 24.3 Å². The Morgan fingerprint density at radius 1 is 0.917 bits per heavy atom.